The molecule has 1 atom stereocenters. The molecule has 3 rings (SSSR count). The summed E-state index contributed by atoms with van der Waals surface area (Å²) in [6, 6.07) is 13.6. The second kappa shape index (κ2) is 3.13. The van der Waals surface area contributed by atoms with Gasteiger partial charge in [0.1, 0.15) is 5.71 Å². The third kappa shape index (κ3) is 1.27. The Morgan fingerprint density at radius 2 is 1.88 bits per heavy atom. The molecule has 4 nitrogen and oxygen atoms in total. The van der Waals surface area contributed by atoms with Gasteiger partial charge in [-0.15, -0.1) is 0 Å². The van der Waals surface area contributed by atoms with Gasteiger partial charge in [0.25, 0.3) is 0 Å². The molecule has 0 N–H and O–H groups in total. The Morgan fingerprint density at radius 3 is 2.62 bits per heavy atom. The van der Waals surface area contributed by atoms with Gasteiger partial charge in [-0.3, -0.25) is 10.1 Å². The van der Waals surface area contributed by atoms with Crippen LogP contribution in [-0.2, 0) is 0 Å². The molecule has 0 aliphatic carbocycles. The third-order valence-corrected chi connectivity index (χ3v) is 2.70. The average molecular weight is 212 g/mol. The van der Waals surface area contributed by atoms with Crippen LogP contribution in [-0.4, -0.2) is 16.8 Å². The Bertz CT molecular complexity index is 614. The molecule has 0 spiro atoms. The van der Waals surface area contributed by atoms with Crippen molar-refractivity contribution in [3.8, 4) is 0 Å². The van der Waals surface area contributed by atoms with E-state index in [4.69, 9.17) is 0 Å². The summed E-state index contributed by atoms with van der Waals surface area (Å²) in [6.45, 7) is 0. The third-order valence-electron chi connectivity index (χ3n) is 2.70. The first-order valence-electron chi connectivity index (χ1n) is 4.97. The highest BCUT2D eigenvalue weighted by Crippen LogP contribution is 2.26. The van der Waals surface area contributed by atoms with Crippen molar-refractivity contribution < 1.29 is 4.92 Å². The zero-order valence-corrected chi connectivity index (χ0v) is 8.33. The lowest BCUT2D eigenvalue weighted by Gasteiger charge is -2.00. The highest BCUT2D eigenvalue weighted by atomic mass is 16.6. The molecule has 0 saturated heterocycles. The van der Waals surface area contributed by atoms with Gasteiger partial charge in [-0.05, 0) is 10.8 Å². The van der Waals surface area contributed by atoms with Crippen molar-refractivity contribution in [2.75, 3.05) is 0 Å². The zero-order valence-electron chi connectivity index (χ0n) is 8.33. The van der Waals surface area contributed by atoms with Crippen LogP contribution in [0.4, 0.5) is 0 Å². The minimum Gasteiger partial charge on any atom is -0.262 e. The van der Waals surface area contributed by atoms with Gasteiger partial charge in [-0.2, -0.15) is 0 Å². The fourth-order valence-corrected chi connectivity index (χ4v) is 1.90. The molecule has 0 bridgehead atoms. The first-order chi connectivity index (χ1) is 7.77. The van der Waals surface area contributed by atoms with Crippen molar-refractivity contribution >= 4 is 16.5 Å². The largest absolute Gasteiger partial charge is 0.347 e. The van der Waals surface area contributed by atoms with Gasteiger partial charge in [0.05, 0.1) is 4.92 Å². The van der Waals surface area contributed by atoms with Gasteiger partial charge in [-0.1, -0.05) is 42.5 Å². The molecular formula is C12H8N2O2. The van der Waals surface area contributed by atoms with Crippen LogP contribution in [0.2, 0.25) is 0 Å². The maximum Gasteiger partial charge on any atom is 0.347 e. The lowest BCUT2D eigenvalue weighted by atomic mass is 10.0. The van der Waals surface area contributed by atoms with Gasteiger partial charge in [0.15, 0.2) is 0 Å². The Hall–Kier alpha value is -2.23. The van der Waals surface area contributed by atoms with Crippen molar-refractivity contribution in [1.29, 1.82) is 0 Å². The van der Waals surface area contributed by atoms with Crippen molar-refractivity contribution in [3.05, 3.63) is 58.1 Å². The molecule has 1 heterocycles. The van der Waals surface area contributed by atoms with E-state index in [2.05, 4.69) is 4.99 Å². The second-order valence-electron chi connectivity index (χ2n) is 3.70. The Balaban J connectivity index is 2.12. The number of hydrogen-bond donors (Lipinski definition) is 0. The molecule has 78 valence electrons. The van der Waals surface area contributed by atoms with E-state index in [-0.39, 0.29) is 4.92 Å². The quantitative estimate of drug-likeness (QED) is 0.566. The van der Waals surface area contributed by atoms with E-state index in [1.807, 2.05) is 42.5 Å². The van der Waals surface area contributed by atoms with Crippen LogP contribution < -0.4 is 0 Å². The molecule has 0 radical (unpaired) electrons. The molecule has 1 unspecified atom stereocenters. The number of nitrogens with zero attached hydrogens (tertiary/aromatic N) is 2. The van der Waals surface area contributed by atoms with Crippen molar-refractivity contribution in [2.45, 2.75) is 6.17 Å². The summed E-state index contributed by atoms with van der Waals surface area (Å²) in [5.41, 5.74) is 1.46. The maximum absolute atomic E-state index is 10.6. The molecule has 0 amide bonds. The van der Waals surface area contributed by atoms with E-state index in [9.17, 15) is 10.1 Å². The van der Waals surface area contributed by atoms with Crippen LogP contribution >= 0.6 is 0 Å². The van der Waals surface area contributed by atoms with Gasteiger partial charge in [-0.25, -0.2) is 4.99 Å². The summed E-state index contributed by atoms with van der Waals surface area (Å²) in [5, 5.41) is 12.7. The minimum atomic E-state index is -0.828. The van der Waals surface area contributed by atoms with E-state index < -0.39 is 6.17 Å². The summed E-state index contributed by atoms with van der Waals surface area (Å²) in [7, 11) is 0. The number of nitro groups is 1. The van der Waals surface area contributed by atoms with Gasteiger partial charge in [0, 0.05) is 5.56 Å². The van der Waals surface area contributed by atoms with Crippen molar-refractivity contribution in [3.63, 3.8) is 0 Å². The van der Waals surface area contributed by atoms with E-state index in [1.165, 1.54) is 0 Å². The highest BCUT2D eigenvalue weighted by molar-refractivity contribution is 6.18. The Kier molecular flexibility index (Phi) is 1.77. The van der Waals surface area contributed by atoms with Gasteiger partial charge >= 0.3 is 6.17 Å². The summed E-state index contributed by atoms with van der Waals surface area (Å²) in [6.07, 6.45) is -0.828. The van der Waals surface area contributed by atoms with E-state index in [0.29, 0.717) is 5.71 Å². The Morgan fingerprint density at radius 1 is 1.12 bits per heavy atom. The van der Waals surface area contributed by atoms with Crippen LogP contribution in [0.3, 0.4) is 0 Å². The van der Waals surface area contributed by atoms with Gasteiger partial charge < -0.3 is 0 Å². The summed E-state index contributed by atoms with van der Waals surface area (Å²) in [4.78, 5) is 14.1. The van der Waals surface area contributed by atoms with Crippen LogP contribution in [0.5, 0.6) is 0 Å². The predicted octanol–water partition coefficient (Wildman–Crippen LogP) is 2.25. The first kappa shape index (κ1) is 9.03. The summed E-state index contributed by atoms with van der Waals surface area (Å²) >= 11 is 0. The van der Waals surface area contributed by atoms with Crippen molar-refractivity contribution in [1.82, 2.24) is 0 Å². The monoisotopic (exact) mass is 212 g/mol. The average Bonchev–Trinajstić information content (AvgIpc) is 3.08. The maximum atomic E-state index is 10.6. The molecule has 0 saturated carbocycles. The molecule has 0 aromatic heterocycles. The van der Waals surface area contributed by atoms with Crippen molar-refractivity contribution in [2.24, 2.45) is 4.99 Å². The highest BCUT2D eigenvalue weighted by Gasteiger charge is 2.40. The van der Waals surface area contributed by atoms with E-state index in [1.54, 1.807) is 0 Å². The molecule has 16 heavy (non-hydrogen) atoms. The Labute approximate surface area is 91.4 Å². The normalized spacial score (nSPS) is 18.2. The summed E-state index contributed by atoms with van der Waals surface area (Å²) in [5.74, 6) is 0. The predicted molar refractivity (Wildman–Crippen MR) is 61.3 cm³/mol. The van der Waals surface area contributed by atoms with Crippen LogP contribution in [0.15, 0.2) is 47.5 Å². The standard InChI is InChI=1S/C12H8N2O2/c15-14(16)12-11(13-12)10-7-3-5-8-4-1-2-6-9(8)10/h1-7,12H. The van der Waals surface area contributed by atoms with Crippen LogP contribution in [0.25, 0.3) is 10.8 Å². The molecule has 2 aromatic rings. The topological polar surface area (TPSA) is 55.5 Å². The molecule has 0 fully saturated rings. The molecule has 2 aromatic carbocycles. The first-order valence-corrected chi connectivity index (χ1v) is 4.97. The van der Waals surface area contributed by atoms with E-state index >= 15 is 0 Å². The number of hydrogen-bond acceptors (Lipinski definition) is 3. The second-order valence-corrected chi connectivity index (χ2v) is 3.70. The number of aliphatic imine (C=N–C) groups is 1. The molecule has 1 aliphatic heterocycles. The lowest BCUT2D eigenvalue weighted by molar-refractivity contribution is -0.490. The molecular weight excluding hydrogens is 204 g/mol. The fraction of sp³-hybridized carbons (Fsp3) is 0.0833. The van der Waals surface area contributed by atoms with Gasteiger partial charge in [0.2, 0.25) is 0 Å². The summed E-state index contributed by atoms with van der Waals surface area (Å²) < 4.78 is 0. The van der Waals surface area contributed by atoms with Crippen LogP contribution in [0.1, 0.15) is 5.56 Å². The lowest BCUT2D eigenvalue weighted by Crippen LogP contribution is -2.10. The number of rotatable bonds is 2. The molecule has 1 aliphatic rings. The SMILES string of the molecule is O=[N+]([O-])C1N=C1c1cccc2ccccc12. The number of benzene rings is 2. The smallest absolute Gasteiger partial charge is 0.262 e. The molecule has 4 heteroatoms. The minimum absolute atomic E-state index is 0.364. The van der Waals surface area contributed by atoms with Crippen LogP contribution in [0, 0.1) is 10.1 Å². The zero-order chi connectivity index (χ0) is 11.1. The number of fused-ring (bicyclic) bond motifs is 1. The van der Waals surface area contributed by atoms with E-state index in [0.717, 1.165) is 16.3 Å². The fourth-order valence-electron chi connectivity index (χ4n) is 1.90.